The van der Waals surface area contributed by atoms with Crippen LogP contribution in [0.1, 0.15) is 32.9 Å². The van der Waals surface area contributed by atoms with E-state index in [0.717, 1.165) is 23.3 Å². The van der Waals surface area contributed by atoms with Gasteiger partial charge in [0.1, 0.15) is 0 Å². The normalized spacial score (nSPS) is 11.4. The number of aryl methyl sites for hydroxylation is 3. The second-order valence-corrected chi connectivity index (χ2v) is 7.11. The zero-order chi connectivity index (χ0) is 22.2. The first-order chi connectivity index (χ1) is 14.0. The minimum absolute atomic E-state index is 0.103. The van der Waals surface area contributed by atoms with Crippen molar-refractivity contribution >= 4 is 11.6 Å². The molecule has 30 heavy (non-hydrogen) atoms. The molecular weight excluding hydrogens is 395 g/mol. The molecule has 0 bridgehead atoms. The highest BCUT2D eigenvalue weighted by Gasteiger charge is 2.31. The van der Waals surface area contributed by atoms with Gasteiger partial charge in [0, 0.05) is 24.5 Å². The number of carbonyl (C=O) groups excluding carboxylic acids is 1. The summed E-state index contributed by atoms with van der Waals surface area (Å²) in [5.41, 5.74) is 0.984. The van der Waals surface area contributed by atoms with Crippen molar-refractivity contribution in [2.75, 3.05) is 11.9 Å². The van der Waals surface area contributed by atoms with Gasteiger partial charge in [0.05, 0.1) is 11.3 Å². The molecule has 0 saturated carbocycles. The second kappa shape index (κ2) is 7.78. The van der Waals surface area contributed by atoms with Gasteiger partial charge in [-0.1, -0.05) is 18.2 Å². The van der Waals surface area contributed by atoms with E-state index in [1.54, 1.807) is 0 Å². The van der Waals surface area contributed by atoms with Crippen molar-refractivity contribution in [3.05, 3.63) is 86.8 Å². The van der Waals surface area contributed by atoms with Crippen molar-refractivity contribution in [2.45, 2.75) is 26.9 Å². The highest BCUT2D eigenvalue weighted by Crippen LogP contribution is 2.30. The van der Waals surface area contributed by atoms with Gasteiger partial charge in [-0.25, -0.2) is 4.68 Å². The fourth-order valence-electron chi connectivity index (χ4n) is 3.12. The quantitative estimate of drug-likeness (QED) is 0.635. The molecule has 0 aliphatic rings. The van der Waals surface area contributed by atoms with E-state index in [-0.39, 0.29) is 11.4 Å². The number of rotatable bonds is 3. The summed E-state index contributed by atoms with van der Waals surface area (Å²) >= 11 is 0. The Balaban J connectivity index is 2.09. The third-order valence-corrected chi connectivity index (χ3v) is 4.76. The van der Waals surface area contributed by atoms with Crippen LogP contribution in [0.15, 0.2) is 53.3 Å². The van der Waals surface area contributed by atoms with Gasteiger partial charge >= 0.3 is 6.18 Å². The first kappa shape index (κ1) is 21.3. The lowest BCUT2D eigenvalue weighted by molar-refractivity contribution is -0.137. The fourth-order valence-corrected chi connectivity index (χ4v) is 3.12. The van der Waals surface area contributed by atoms with E-state index in [4.69, 9.17) is 0 Å². The molecule has 8 heteroatoms. The Morgan fingerprint density at radius 1 is 1.03 bits per heavy atom. The van der Waals surface area contributed by atoms with Gasteiger partial charge in [0.25, 0.3) is 5.91 Å². The van der Waals surface area contributed by atoms with Crippen LogP contribution in [-0.2, 0) is 6.18 Å². The molecule has 0 fully saturated rings. The predicted molar refractivity (Wildman–Crippen MR) is 108 cm³/mol. The van der Waals surface area contributed by atoms with E-state index in [9.17, 15) is 22.8 Å². The topological polar surface area (TPSA) is 55.2 Å². The molecule has 0 N–H and O–H groups in total. The van der Waals surface area contributed by atoms with E-state index in [0.29, 0.717) is 11.4 Å². The van der Waals surface area contributed by atoms with Crippen LogP contribution in [0, 0.1) is 20.8 Å². The Morgan fingerprint density at radius 3 is 2.40 bits per heavy atom. The van der Waals surface area contributed by atoms with Gasteiger partial charge in [0.2, 0.25) is 5.43 Å². The molecule has 0 unspecified atom stereocenters. The van der Waals surface area contributed by atoms with Crippen LogP contribution in [0.2, 0.25) is 0 Å². The van der Waals surface area contributed by atoms with Gasteiger partial charge in [-0.15, -0.1) is 0 Å². The minimum Gasteiger partial charge on any atom is -0.310 e. The molecule has 156 valence electrons. The Bertz CT molecular complexity index is 1180. The molecule has 1 heterocycles. The Kier molecular flexibility index (Phi) is 5.52. The van der Waals surface area contributed by atoms with Crippen LogP contribution in [0.25, 0.3) is 5.69 Å². The molecule has 0 aliphatic carbocycles. The van der Waals surface area contributed by atoms with Gasteiger partial charge in [0.15, 0.2) is 5.69 Å². The number of anilines is 1. The first-order valence-corrected chi connectivity index (χ1v) is 9.13. The summed E-state index contributed by atoms with van der Waals surface area (Å²) in [5, 5.41) is 4.11. The maximum Gasteiger partial charge on any atom is 0.416 e. The van der Waals surface area contributed by atoms with Gasteiger partial charge in [-0.3, -0.25) is 9.59 Å². The number of benzene rings is 2. The molecule has 5 nitrogen and oxygen atoms in total. The smallest absolute Gasteiger partial charge is 0.310 e. The lowest BCUT2D eigenvalue weighted by atomic mass is 10.1. The van der Waals surface area contributed by atoms with E-state index in [1.165, 1.54) is 41.8 Å². The van der Waals surface area contributed by atoms with Gasteiger partial charge in [-0.05, 0) is 56.2 Å². The fraction of sp³-hybridized carbons (Fsp3) is 0.227. The number of carbonyl (C=O) groups is 1. The maximum atomic E-state index is 13.1. The number of amides is 1. The van der Waals surface area contributed by atoms with Crippen molar-refractivity contribution in [2.24, 2.45) is 0 Å². The van der Waals surface area contributed by atoms with Crippen molar-refractivity contribution in [3.8, 4) is 5.69 Å². The van der Waals surface area contributed by atoms with Crippen LogP contribution in [0.5, 0.6) is 0 Å². The minimum atomic E-state index is -4.52. The van der Waals surface area contributed by atoms with Crippen molar-refractivity contribution in [1.29, 1.82) is 0 Å². The second-order valence-electron chi connectivity index (χ2n) is 7.11. The summed E-state index contributed by atoms with van der Waals surface area (Å²) in [6.07, 6.45) is -4.52. The lowest BCUT2D eigenvalue weighted by Crippen LogP contribution is -2.34. The number of hydrogen-bond acceptors (Lipinski definition) is 3. The van der Waals surface area contributed by atoms with Gasteiger partial charge in [-0.2, -0.15) is 18.3 Å². The van der Waals surface area contributed by atoms with Gasteiger partial charge < -0.3 is 4.90 Å². The summed E-state index contributed by atoms with van der Waals surface area (Å²) in [6, 6.07) is 11.3. The average Bonchev–Trinajstić information content (AvgIpc) is 2.68. The number of aromatic nitrogens is 2. The standard InChI is InChI=1S/C22H20F3N3O2/c1-13-8-9-14(2)18(10-13)27(4)21(30)20-19(29)11-15(3)28(26-20)17-7-5-6-16(12-17)22(23,24)25/h5-12H,1-4H3. The molecule has 0 radical (unpaired) electrons. The third-order valence-electron chi connectivity index (χ3n) is 4.76. The zero-order valence-electron chi connectivity index (χ0n) is 16.9. The van der Waals surface area contributed by atoms with E-state index in [1.807, 2.05) is 32.0 Å². The van der Waals surface area contributed by atoms with E-state index >= 15 is 0 Å². The SMILES string of the molecule is Cc1ccc(C)c(N(C)C(=O)c2nn(-c3cccc(C(F)(F)F)c3)c(C)cc2=O)c1. The van der Waals surface area contributed by atoms with E-state index < -0.39 is 23.1 Å². The highest BCUT2D eigenvalue weighted by molar-refractivity contribution is 6.04. The van der Waals surface area contributed by atoms with Crippen molar-refractivity contribution < 1.29 is 18.0 Å². The molecule has 0 spiro atoms. The maximum absolute atomic E-state index is 13.1. The third kappa shape index (κ3) is 4.12. The number of hydrogen-bond donors (Lipinski definition) is 0. The van der Waals surface area contributed by atoms with Crippen LogP contribution in [-0.4, -0.2) is 22.7 Å². The molecule has 1 amide bonds. The number of alkyl halides is 3. The molecule has 3 aromatic rings. The molecular formula is C22H20F3N3O2. The van der Waals surface area contributed by atoms with Crippen LogP contribution >= 0.6 is 0 Å². The molecule has 3 rings (SSSR count). The Morgan fingerprint density at radius 2 is 1.73 bits per heavy atom. The highest BCUT2D eigenvalue weighted by atomic mass is 19.4. The largest absolute Gasteiger partial charge is 0.416 e. The average molecular weight is 415 g/mol. The summed E-state index contributed by atoms with van der Waals surface area (Å²) in [4.78, 5) is 26.8. The predicted octanol–water partition coefficient (Wildman–Crippen LogP) is 4.45. The number of halogens is 3. The molecule has 0 saturated heterocycles. The Labute approximate surface area is 171 Å². The molecule has 0 aliphatic heterocycles. The zero-order valence-corrected chi connectivity index (χ0v) is 16.9. The van der Waals surface area contributed by atoms with Crippen molar-refractivity contribution in [3.63, 3.8) is 0 Å². The van der Waals surface area contributed by atoms with Crippen molar-refractivity contribution in [1.82, 2.24) is 9.78 Å². The van der Waals surface area contributed by atoms with Crippen LogP contribution in [0.3, 0.4) is 0 Å². The lowest BCUT2D eigenvalue weighted by Gasteiger charge is -2.20. The summed E-state index contributed by atoms with van der Waals surface area (Å²) in [7, 11) is 1.53. The molecule has 2 aromatic carbocycles. The summed E-state index contributed by atoms with van der Waals surface area (Å²) in [6.45, 7) is 5.26. The van der Waals surface area contributed by atoms with Crippen LogP contribution in [0.4, 0.5) is 18.9 Å². The molecule has 1 aromatic heterocycles. The number of nitrogens with zero attached hydrogens (tertiary/aromatic N) is 3. The Hall–Kier alpha value is -3.42. The summed E-state index contributed by atoms with van der Waals surface area (Å²) < 4.78 is 40.4. The first-order valence-electron chi connectivity index (χ1n) is 9.13. The van der Waals surface area contributed by atoms with Crippen LogP contribution < -0.4 is 10.3 Å². The summed E-state index contributed by atoms with van der Waals surface area (Å²) in [5.74, 6) is -0.644. The van der Waals surface area contributed by atoms with E-state index in [2.05, 4.69) is 5.10 Å². The monoisotopic (exact) mass is 415 g/mol. The molecule has 0 atom stereocenters.